The third-order valence-electron chi connectivity index (χ3n) is 1.13. The molecule has 0 amide bonds. The van der Waals surface area contributed by atoms with E-state index in [1.807, 2.05) is 0 Å². The first kappa shape index (κ1) is 10.1. The number of anilines is 1. The molecule has 0 radical (unpaired) electrons. The lowest BCUT2D eigenvalue weighted by Gasteiger charge is -2.00. The van der Waals surface area contributed by atoms with Gasteiger partial charge >= 0.3 is 5.97 Å². The van der Waals surface area contributed by atoms with Gasteiger partial charge in [0.2, 0.25) is 5.13 Å². The van der Waals surface area contributed by atoms with Crippen molar-refractivity contribution >= 4 is 34.7 Å². The maximum absolute atomic E-state index is 10.9. The van der Waals surface area contributed by atoms with Gasteiger partial charge in [0.05, 0.1) is 6.61 Å². The van der Waals surface area contributed by atoms with E-state index in [2.05, 4.69) is 15.5 Å². The quantitative estimate of drug-likeness (QED) is 0.588. The van der Waals surface area contributed by atoms with Crippen LogP contribution in [-0.4, -0.2) is 29.3 Å². The minimum Gasteiger partial charge on any atom is -0.465 e. The summed E-state index contributed by atoms with van der Waals surface area (Å²) in [6.07, 6.45) is 0. The number of nitrogens with zero attached hydrogens (tertiary/aromatic N) is 1. The molecule has 2 N–H and O–H groups in total. The fraction of sp³-hybridized carbons (Fsp3) is 0.500. The summed E-state index contributed by atoms with van der Waals surface area (Å²) < 4.78 is 5.28. The lowest BCUT2D eigenvalue weighted by atomic mass is 10.6. The first-order chi connectivity index (χ1) is 6.22. The van der Waals surface area contributed by atoms with E-state index in [1.54, 1.807) is 6.92 Å². The smallest absolute Gasteiger partial charge is 0.325 e. The first-order valence-corrected chi connectivity index (χ1v) is 4.90. The van der Waals surface area contributed by atoms with Crippen molar-refractivity contribution in [3.05, 3.63) is 3.95 Å². The van der Waals surface area contributed by atoms with Crippen LogP contribution in [0.15, 0.2) is 0 Å². The van der Waals surface area contributed by atoms with E-state index in [0.717, 1.165) is 0 Å². The van der Waals surface area contributed by atoms with Crippen molar-refractivity contribution in [1.29, 1.82) is 0 Å². The molecule has 1 aromatic rings. The minimum absolute atomic E-state index is 0.115. The van der Waals surface area contributed by atoms with E-state index < -0.39 is 0 Å². The maximum atomic E-state index is 10.9. The van der Waals surface area contributed by atoms with E-state index in [1.165, 1.54) is 11.3 Å². The summed E-state index contributed by atoms with van der Waals surface area (Å²) in [5, 5.41) is 9.79. The molecule has 72 valence electrons. The molecule has 0 saturated carbocycles. The molecule has 1 rings (SSSR count). The van der Waals surface area contributed by atoms with Crippen molar-refractivity contribution in [2.24, 2.45) is 0 Å². The van der Waals surface area contributed by atoms with Gasteiger partial charge in [0, 0.05) is 0 Å². The van der Waals surface area contributed by atoms with E-state index in [9.17, 15) is 4.79 Å². The van der Waals surface area contributed by atoms with Crippen LogP contribution in [0.5, 0.6) is 0 Å². The van der Waals surface area contributed by atoms with Crippen LogP contribution in [-0.2, 0) is 9.53 Å². The Morgan fingerprint density at radius 2 is 2.62 bits per heavy atom. The molecule has 0 spiro atoms. The van der Waals surface area contributed by atoms with Gasteiger partial charge in [-0.1, -0.05) is 11.3 Å². The Kier molecular flexibility index (Phi) is 3.84. The summed E-state index contributed by atoms with van der Waals surface area (Å²) in [6, 6.07) is 0. The number of hydrogen-bond acceptors (Lipinski definition) is 6. The number of nitrogens with one attached hydrogen (secondary N) is 2. The van der Waals surface area contributed by atoms with E-state index in [0.29, 0.717) is 15.7 Å². The van der Waals surface area contributed by atoms with Crippen molar-refractivity contribution in [3.8, 4) is 0 Å². The van der Waals surface area contributed by atoms with E-state index in [4.69, 9.17) is 17.0 Å². The van der Waals surface area contributed by atoms with Crippen LogP contribution in [0.2, 0.25) is 0 Å². The molecule has 0 aliphatic carbocycles. The monoisotopic (exact) mass is 219 g/mol. The zero-order valence-electron chi connectivity index (χ0n) is 6.99. The molecule has 1 aromatic heterocycles. The normalized spacial score (nSPS) is 9.62. The standard InChI is InChI=1S/C6H9N3O2S2/c1-2-11-4(10)3-7-5-8-9-6(12)13-5/h2-3H2,1H3,(H,7,8)(H,9,12). The molecule has 0 aliphatic rings. The molecule has 0 aromatic carbocycles. The highest BCUT2D eigenvalue weighted by atomic mass is 32.1. The van der Waals surface area contributed by atoms with Gasteiger partial charge in [-0.15, -0.1) is 5.10 Å². The summed E-state index contributed by atoms with van der Waals surface area (Å²) in [4.78, 5) is 10.9. The Labute approximate surface area is 84.1 Å². The molecule has 13 heavy (non-hydrogen) atoms. The van der Waals surface area contributed by atoms with Crippen molar-refractivity contribution in [1.82, 2.24) is 10.2 Å². The largest absolute Gasteiger partial charge is 0.465 e. The number of carbonyl (C=O) groups is 1. The highest BCUT2D eigenvalue weighted by Crippen LogP contribution is 2.09. The van der Waals surface area contributed by atoms with Gasteiger partial charge in [-0.3, -0.25) is 9.89 Å². The van der Waals surface area contributed by atoms with Crippen LogP contribution >= 0.6 is 23.6 Å². The van der Waals surface area contributed by atoms with Gasteiger partial charge in [0.1, 0.15) is 6.54 Å². The van der Waals surface area contributed by atoms with E-state index in [-0.39, 0.29) is 12.5 Å². The lowest BCUT2D eigenvalue weighted by Crippen LogP contribution is -2.16. The Balaban J connectivity index is 2.35. The van der Waals surface area contributed by atoms with Gasteiger partial charge in [-0.2, -0.15) is 0 Å². The summed E-state index contributed by atoms with van der Waals surface area (Å²) >= 11 is 6.09. The van der Waals surface area contributed by atoms with Crippen LogP contribution in [0.1, 0.15) is 6.92 Å². The molecule has 0 saturated heterocycles. The predicted octanol–water partition coefficient (Wildman–Crippen LogP) is 1.18. The van der Waals surface area contributed by atoms with Crippen LogP contribution in [0.4, 0.5) is 5.13 Å². The molecule has 1 heterocycles. The average molecular weight is 219 g/mol. The predicted molar refractivity (Wildman–Crippen MR) is 52.4 cm³/mol. The van der Waals surface area contributed by atoms with Crippen LogP contribution in [0.25, 0.3) is 0 Å². The number of H-pyrrole nitrogens is 1. The van der Waals surface area contributed by atoms with Crippen LogP contribution < -0.4 is 5.32 Å². The number of aromatic nitrogens is 2. The SMILES string of the molecule is CCOC(=O)CNc1n[nH]c(=S)s1. The Morgan fingerprint density at radius 1 is 1.85 bits per heavy atom. The lowest BCUT2D eigenvalue weighted by molar-refractivity contribution is -0.140. The summed E-state index contributed by atoms with van der Waals surface area (Å²) in [7, 11) is 0. The molecule has 0 aliphatic heterocycles. The fourth-order valence-corrected chi connectivity index (χ4v) is 1.45. The van der Waals surface area contributed by atoms with Crippen molar-refractivity contribution < 1.29 is 9.53 Å². The highest BCUT2D eigenvalue weighted by Gasteiger charge is 2.02. The van der Waals surface area contributed by atoms with Crippen molar-refractivity contribution in [2.75, 3.05) is 18.5 Å². The van der Waals surface area contributed by atoms with Gasteiger partial charge in [0.25, 0.3) is 0 Å². The molecular formula is C6H9N3O2S2. The molecule has 0 bridgehead atoms. The first-order valence-electron chi connectivity index (χ1n) is 3.67. The fourth-order valence-electron chi connectivity index (χ4n) is 0.665. The summed E-state index contributed by atoms with van der Waals surface area (Å²) in [5.41, 5.74) is 0. The summed E-state index contributed by atoms with van der Waals surface area (Å²) in [6.45, 7) is 2.26. The Hall–Kier alpha value is -0.950. The number of hydrogen-bond donors (Lipinski definition) is 2. The number of rotatable bonds is 4. The van der Waals surface area contributed by atoms with Gasteiger partial charge < -0.3 is 10.1 Å². The minimum atomic E-state index is -0.302. The number of carbonyl (C=O) groups excluding carboxylic acids is 1. The second kappa shape index (κ2) is 4.93. The Bertz CT molecular complexity index is 333. The molecular weight excluding hydrogens is 210 g/mol. The third-order valence-corrected chi connectivity index (χ3v) is 2.17. The molecule has 0 fully saturated rings. The molecule has 7 heteroatoms. The topological polar surface area (TPSA) is 67.0 Å². The van der Waals surface area contributed by atoms with Gasteiger partial charge in [0.15, 0.2) is 3.95 Å². The third kappa shape index (κ3) is 3.51. The second-order valence-electron chi connectivity index (χ2n) is 2.08. The van der Waals surface area contributed by atoms with Crippen molar-refractivity contribution in [2.45, 2.75) is 6.92 Å². The number of esters is 1. The van der Waals surface area contributed by atoms with Crippen LogP contribution in [0, 0.1) is 3.95 Å². The molecule has 5 nitrogen and oxygen atoms in total. The zero-order valence-corrected chi connectivity index (χ0v) is 8.63. The Morgan fingerprint density at radius 3 is 3.15 bits per heavy atom. The van der Waals surface area contributed by atoms with Crippen molar-refractivity contribution in [3.63, 3.8) is 0 Å². The number of ether oxygens (including phenoxy) is 1. The molecule has 0 unspecified atom stereocenters. The maximum Gasteiger partial charge on any atom is 0.325 e. The number of aromatic amines is 1. The van der Waals surface area contributed by atoms with Gasteiger partial charge in [-0.25, -0.2) is 0 Å². The zero-order chi connectivity index (χ0) is 9.68. The van der Waals surface area contributed by atoms with E-state index >= 15 is 0 Å². The second-order valence-corrected chi connectivity index (χ2v) is 3.74. The van der Waals surface area contributed by atoms with Gasteiger partial charge in [-0.05, 0) is 19.1 Å². The summed E-state index contributed by atoms with van der Waals surface area (Å²) in [5.74, 6) is -0.302. The average Bonchev–Trinajstić information content (AvgIpc) is 2.49. The highest BCUT2D eigenvalue weighted by molar-refractivity contribution is 7.73. The molecule has 0 atom stereocenters. The van der Waals surface area contributed by atoms with Crippen LogP contribution in [0.3, 0.4) is 0 Å².